The highest BCUT2D eigenvalue weighted by molar-refractivity contribution is 6.16. The van der Waals surface area contributed by atoms with E-state index in [0.717, 1.165) is 22.5 Å². The first-order chi connectivity index (χ1) is 17.9. The lowest BCUT2D eigenvalue weighted by Crippen LogP contribution is -2.12. The maximum Gasteiger partial charge on any atom is 0.116 e. The van der Waals surface area contributed by atoms with Gasteiger partial charge in [-0.15, -0.1) is 0 Å². The highest BCUT2D eigenvalue weighted by Crippen LogP contribution is 2.49. The maximum absolute atomic E-state index is 4.72. The van der Waals surface area contributed by atoms with Gasteiger partial charge in [-0.25, -0.2) is 9.97 Å². The summed E-state index contributed by atoms with van der Waals surface area (Å²) in [4.78, 5) is 9.43. The molecular weight excluding hydrogens is 448 g/mol. The van der Waals surface area contributed by atoms with E-state index in [1.54, 1.807) is 6.33 Å². The molecule has 0 atom stereocenters. The van der Waals surface area contributed by atoms with E-state index in [1.807, 2.05) is 0 Å². The summed E-state index contributed by atoms with van der Waals surface area (Å²) < 4.78 is 0. The second-order valence-corrected chi connectivity index (χ2v) is 11.2. The van der Waals surface area contributed by atoms with E-state index in [-0.39, 0.29) is 5.41 Å². The molecule has 0 saturated carbocycles. The number of hydrogen-bond donors (Lipinski definition) is 0. The van der Waals surface area contributed by atoms with Gasteiger partial charge in [-0.05, 0) is 97.6 Å². The van der Waals surface area contributed by atoms with E-state index in [0.29, 0.717) is 0 Å². The van der Waals surface area contributed by atoms with Crippen molar-refractivity contribution in [3.63, 3.8) is 0 Å². The lowest BCUT2D eigenvalue weighted by molar-refractivity contribution is 0.596. The Morgan fingerprint density at radius 3 is 2.03 bits per heavy atom. The summed E-state index contributed by atoms with van der Waals surface area (Å²) in [6.07, 6.45) is 1.70. The molecule has 2 heteroatoms. The van der Waals surface area contributed by atoms with Crippen molar-refractivity contribution >= 4 is 21.5 Å². The van der Waals surface area contributed by atoms with Gasteiger partial charge in [-0.2, -0.15) is 0 Å². The third-order valence-corrected chi connectivity index (χ3v) is 7.73. The van der Waals surface area contributed by atoms with Gasteiger partial charge in [-0.1, -0.05) is 81.4 Å². The maximum atomic E-state index is 4.72. The summed E-state index contributed by atoms with van der Waals surface area (Å²) in [7, 11) is 0. The molecule has 2 nitrogen and oxygen atoms in total. The predicted molar refractivity (Wildman–Crippen MR) is 156 cm³/mol. The molecule has 6 aromatic rings. The van der Waals surface area contributed by atoms with Crippen molar-refractivity contribution in [3.05, 3.63) is 108 Å². The van der Waals surface area contributed by atoms with E-state index < -0.39 is 0 Å². The van der Waals surface area contributed by atoms with Crippen LogP contribution in [-0.2, 0) is 5.41 Å². The molecule has 0 spiro atoms. The number of fused-ring (bicyclic) bond motifs is 4. The Morgan fingerprint density at radius 2 is 1.27 bits per heavy atom. The first-order valence-electron chi connectivity index (χ1n) is 12.9. The average Bonchev–Trinajstić information content (AvgIpc) is 3.23. The molecule has 0 saturated heterocycles. The van der Waals surface area contributed by atoms with Crippen LogP contribution in [0.2, 0.25) is 0 Å². The van der Waals surface area contributed by atoms with Crippen molar-refractivity contribution in [2.24, 2.45) is 0 Å². The minimum Gasteiger partial charge on any atom is -0.236 e. The van der Waals surface area contributed by atoms with Gasteiger partial charge in [0, 0.05) is 11.1 Å². The van der Waals surface area contributed by atoms with Crippen LogP contribution in [0.5, 0.6) is 0 Å². The van der Waals surface area contributed by atoms with Gasteiger partial charge in [0.15, 0.2) is 0 Å². The number of benzene rings is 5. The molecule has 0 radical (unpaired) electrons. The second kappa shape index (κ2) is 7.85. The van der Waals surface area contributed by atoms with Crippen molar-refractivity contribution < 1.29 is 0 Å². The molecule has 1 aromatic heterocycles. The minimum atomic E-state index is 0.0264. The van der Waals surface area contributed by atoms with Crippen LogP contribution >= 0.6 is 0 Å². The Morgan fingerprint density at radius 1 is 0.595 bits per heavy atom. The van der Waals surface area contributed by atoms with Crippen LogP contribution in [0.4, 0.5) is 0 Å². The fraction of sp³-hybridized carbons (Fsp3) is 0.143. The molecule has 1 aliphatic carbocycles. The van der Waals surface area contributed by atoms with Gasteiger partial charge < -0.3 is 0 Å². The van der Waals surface area contributed by atoms with Gasteiger partial charge in [0.1, 0.15) is 6.33 Å². The SMILES string of the molecule is Cc1cc(-c2cc(-c3cc(C(C)(C)C)c4ccccc4c3)ncn2)cc2c1-c1cccc3cccc-2c13. The molecule has 178 valence electrons. The van der Waals surface area contributed by atoms with Gasteiger partial charge in [0.05, 0.1) is 11.4 Å². The van der Waals surface area contributed by atoms with Crippen molar-refractivity contribution in [2.75, 3.05) is 0 Å². The lowest BCUT2D eigenvalue weighted by Gasteiger charge is -2.22. The topological polar surface area (TPSA) is 25.8 Å². The van der Waals surface area contributed by atoms with E-state index in [1.165, 1.54) is 54.9 Å². The van der Waals surface area contributed by atoms with E-state index in [2.05, 4.69) is 119 Å². The second-order valence-electron chi connectivity index (χ2n) is 11.2. The number of aryl methyl sites for hydroxylation is 1. The molecule has 7 rings (SSSR count). The van der Waals surface area contributed by atoms with Crippen LogP contribution in [0.1, 0.15) is 31.9 Å². The molecule has 37 heavy (non-hydrogen) atoms. The molecule has 1 aliphatic rings. The Labute approximate surface area is 217 Å². The van der Waals surface area contributed by atoms with Crippen molar-refractivity contribution in [1.29, 1.82) is 0 Å². The number of hydrogen-bond acceptors (Lipinski definition) is 2. The number of nitrogens with zero attached hydrogens (tertiary/aromatic N) is 2. The van der Waals surface area contributed by atoms with Crippen molar-refractivity contribution in [2.45, 2.75) is 33.1 Å². The Kier molecular flexibility index (Phi) is 4.65. The molecule has 0 aliphatic heterocycles. The monoisotopic (exact) mass is 476 g/mol. The Bertz CT molecular complexity index is 1870. The van der Waals surface area contributed by atoms with Gasteiger partial charge in [-0.3, -0.25) is 0 Å². The van der Waals surface area contributed by atoms with E-state index in [9.17, 15) is 0 Å². The van der Waals surface area contributed by atoms with Crippen LogP contribution in [-0.4, -0.2) is 9.97 Å². The van der Waals surface area contributed by atoms with E-state index in [4.69, 9.17) is 9.97 Å². The third-order valence-electron chi connectivity index (χ3n) is 7.73. The number of aromatic nitrogens is 2. The molecule has 0 unspecified atom stereocenters. The molecule has 5 aromatic carbocycles. The minimum absolute atomic E-state index is 0.0264. The van der Waals surface area contributed by atoms with Crippen LogP contribution in [0, 0.1) is 6.92 Å². The molecule has 0 bridgehead atoms. The fourth-order valence-corrected chi connectivity index (χ4v) is 6.03. The van der Waals surface area contributed by atoms with Crippen LogP contribution in [0.25, 0.3) is 66.3 Å². The summed E-state index contributed by atoms with van der Waals surface area (Å²) in [6, 6.07) is 33.1. The zero-order valence-electron chi connectivity index (χ0n) is 21.6. The summed E-state index contributed by atoms with van der Waals surface area (Å²) in [5, 5.41) is 5.19. The quantitative estimate of drug-likeness (QED) is 0.248. The van der Waals surface area contributed by atoms with Gasteiger partial charge >= 0.3 is 0 Å². The predicted octanol–water partition coefficient (Wildman–Crippen LogP) is 9.37. The Balaban J connectivity index is 1.39. The molecule has 1 heterocycles. The Hall–Kier alpha value is -4.30. The first kappa shape index (κ1) is 21.9. The van der Waals surface area contributed by atoms with Gasteiger partial charge in [0.25, 0.3) is 0 Å². The summed E-state index contributed by atoms with van der Waals surface area (Å²) in [6.45, 7) is 9.04. The van der Waals surface area contributed by atoms with Crippen molar-refractivity contribution in [3.8, 4) is 44.8 Å². The largest absolute Gasteiger partial charge is 0.236 e. The zero-order valence-corrected chi connectivity index (χ0v) is 21.6. The van der Waals surface area contributed by atoms with Gasteiger partial charge in [0.2, 0.25) is 0 Å². The molecule has 0 amide bonds. The summed E-state index contributed by atoms with van der Waals surface area (Å²) in [5.41, 5.74) is 12.1. The average molecular weight is 477 g/mol. The lowest BCUT2D eigenvalue weighted by atomic mass is 9.82. The number of rotatable bonds is 2. The summed E-state index contributed by atoms with van der Waals surface area (Å²) in [5.74, 6) is 0. The van der Waals surface area contributed by atoms with Crippen LogP contribution in [0.3, 0.4) is 0 Å². The molecule has 0 fully saturated rings. The molecule has 0 N–H and O–H groups in total. The molecular formula is C35H28N2. The van der Waals surface area contributed by atoms with Crippen molar-refractivity contribution in [1.82, 2.24) is 9.97 Å². The highest BCUT2D eigenvalue weighted by Gasteiger charge is 2.24. The first-order valence-corrected chi connectivity index (χ1v) is 12.9. The summed E-state index contributed by atoms with van der Waals surface area (Å²) >= 11 is 0. The smallest absolute Gasteiger partial charge is 0.116 e. The van der Waals surface area contributed by atoms with Crippen LogP contribution < -0.4 is 0 Å². The van der Waals surface area contributed by atoms with Crippen LogP contribution in [0.15, 0.2) is 97.3 Å². The highest BCUT2D eigenvalue weighted by atomic mass is 14.8. The fourth-order valence-electron chi connectivity index (χ4n) is 6.03. The van der Waals surface area contributed by atoms with E-state index >= 15 is 0 Å². The normalized spacial score (nSPS) is 12.3. The standard InChI is InChI=1S/C35H28N2/c1-21-15-24(17-29-27-13-7-10-22-11-8-14-28(33(21)29)34(22)27)31-19-32(37-20-36-31)25-16-23-9-5-6-12-26(23)30(18-25)35(2,3)4/h5-20H,1-4H3. The zero-order chi connectivity index (χ0) is 25.3. The third kappa shape index (κ3) is 3.40.